The van der Waals surface area contributed by atoms with Gasteiger partial charge in [0.1, 0.15) is 16.8 Å². The lowest BCUT2D eigenvalue weighted by molar-refractivity contribution is -0.131. The van der Waals surface area contributed by atoms with Gasteiger partial charge in [-0.3, -0.25) is 9.59 Å². The van der Waals surface area contributed by atoms with Gasteiger partial charge in [0.2, 0.25) is 11.8 Å². The van der Waals surface area contributed by atoms with E-state index in [-0.39, 0.29) is 17.4 Å². The van der Waals surface area contributed by atoms with Crippen LogP contribution in [0.25, 0.3) is 0 Å². The molecule has 0 bridgehead atoms. The number of rotatable bonds is 5. The van der Waals surface area contributed by atoms with Gasteiger partial charge in [0, 0.05) is 11.4 Å². The highest BCUT2D eigenvalue weighted by Gasteiger charge is 2.56. The molecule has 1 saturated carbocycles. The molecule has 0 radical (unpaired) electrons. The van der Waals surface area contributed by atoms with Crippen molar-refractivity contribution in [2.45, 2.75) is 46.1 Å². The number of benzene rings is 2. The maximum Gasteiger partial charge on any atom is 0.240 e. The first-order valence-corrected chi connectivity index (χ1v) is 9.17. The molecule has 2 N–H and O–H groups in total. The average Bonchev–Trinajstić information content (AvgIpc) is 3.39. The Balaban J connectivity index is 1.63. The van der Waals surface area contributed by atoms with Crippen molar-refractivity contribution >= 4 is 23.2 Å². The first kappa shape index (κ1) is 19.0. The Hall–Kier alpha value is -2.82. The lowest BCUT2D eigenvalue weighted by Gasteiger charge is -2.21. The van der Waals surface area contributed by atoms with Crippen molar-refractivity contribution in [2.24, 2.45) is 5.41 Å². The van der Waals surface area contributed by atoms with E-state index in [9.17, 15) is 9.59 Å². The minimum atomic E-state index is -0.981. The standard InChI is InChI=1S/C22H26N2O3/c1-15-5-7-16(8-6-15)23-19(25)22(13-14-22)20(26)24-17-9-11-18(12-10-17)27-21(2,3)4/h5-12H,13-14H2,1-4H3,(H,23,25)(H,24,26). The zero-order chi connectivity index (χ0) is 19.7. The second kappa shape index (κ2) is 7.06. The summed E-state index contributed by atoms with van der Waals surface area (Å²) in [6.45, 7) is 7.92. The molecule has 5 heteroatoms. The minimum absolute atomic E-state index is 0.253. The van der Waals surface area contributed by atoms with E-state index in [1.54, 1.807) is 12.1 Å². The summed E-state index contributed by atoms with van der Waals surface area (Å²) in [7, 11) is 0. The maximum absolute atomic E-state index is 12.7. The number of ether oxygens (including phenoxy) is 1. The zero-order valence-electron chi connectivity index (χ0n) is 16.3. The molecule has 0 saturated heterocycles. The second-order valence-electron chi connectivity index (χ2n) is 8.10. The highest BCUT2D eigenvalue weighted by molar-refractivity contribution is 6.16. The van der Waals surface area contributed by atoms with Crippen molar-refractivity contribution in [1.82, 2.24) is 0 Å². The molecule has 0 atom stereocenters. The molecule has 27 heavy (non-hydrogen) atoms. The molecule has 2 aromatic carbocycles. The number of carbonyl (C=O) groups is 2. The average molecular weight is 366 g/mol. The molecule has 0 unspecified atom stereocenters. The van der Waals surface area contributed by atoms with Crippen LogP contribution in [0.5, 0.6) is 5.75 Å². The fourth-order valence-electron chi connectivity index (χ4n) is 2.78. The Morgan fingerprint density at radius 1 is 0.852 bits per heavy atom. The van der Waals surface area contributed by atoms with Crippen LogP contribution in [-0.4, -0.2) is 17.4 Å². The summed E-state index contributed by atoms with van der Waals surface area (Å²) in [6.07, 6.45) is 1.11. The maximum atomic E-state index is 12.7. The number of carbonyl (C=O) groups excluding carboxylic acids is 2. The Bertz CT molecular complexity index is 829. The normalized spacial score (nSPS) is 15.0. The second-order valence-corrected chi connectivity index (χ2v) is 8.10. The number of nitrogens with one attached hydrogen (secondary N) is 2. The highest BCUT2D eigenvalue weighted by Crippen LogP contribution is 2.47. The fraction of sp³-hybridized carbons (Fsp3) is 0.364. The smallest absolute Gasteiger partial charge is 0.240 e. The fourth-order valence-corrected chi connectivity index (χ4v) is 2.78. The first-order chi connectivity index (χ1) is 12.7. The van der Waals surface area contributed by atoms with Crippen LogP contribution in [0, 0.1) is 12.3 Å². The van der Waals surface area contributed by atoms with Gasteiger partial charge in [0.15, 0.2) is 0 Å². The van der Waals surface area contributed by atoms with Crippen LogP contribution >= 0.6 is 0 Å². The SMILES string of the molecule is Cc1ccc(NC(=O)C2(C(=O)Nc3ccc(OC(C)(C)C)cc3)CC2)cc1. The molecule has 3 rings (SSSR count). The predicted octanol–water partition coefficient (Wildman–Crippen LogP) is 4.53. The van der Waals surface area contributed by atoms with Gasteiger partial charge in [-0.2, -0.15) is 0 Å². The highest BCUT2D eigenvalue weighted by atomic mass is 16.5. The number of hydrogen-bond donors (Lipinski definition) is 2. The molecule has 1 aliphatic rings. The third-order valence-electron chi connectivity index (χ3n) is 4.46. The molecular formula is C22H26N2O3. The van der Waals surface area contributed by atoms with E-state index in [4.69, 9.17) is 4.74 Å². The lowest BCUT2D eigenvalue weighted by atomic mass is 10.0. The van der Waals surface area contributed by atoms with Gasteiger partial charge in [-0.1, -0.05) is 17.7 Å². The van der Waals surface area contributed by atoms with Crippen molar-refractivity contribution in [3.63, 3.8) is 0 Å². The van der Waals surface area contributed by atoms with E-state index < -0.39 is 5.41 Å². The van der Waals surface area contributed by atoms with Gasteiger partial charge in [-0.15, -0.1) is 0 Å². The Morgan fingerprint density at radius 3 is 1.70 bits per heavy atom. The van der Waals surface area contributed by atoms with E-state index in [0.29, 0.717) is 24.2 Å². The van der Waals surface area contributed by atoms with E-state index in [1.165, 1.54) is 0 Å². The largest absolute Gasteiger partial charge is 0.488 e. The molecule has 142 valence electrons. The van der Waals surface area contributed by atoms with Gasteiger partial charge in [-0.05, 0) is 76.9 Å². The van der Waals surface area contributed by atoms with Crippen LogP contribution in [0.3, 0.4) is 0 Å². The molecule has 0 spiro atoms. The number of hydrogen-bond acceptors (Lipinski definition) is 3. The third kappa shape index (κ3) is 4.67. The lowest BCUT2D eigenvalue weighted by Crippen LogP contribution is -2.35. The topological polar surface area (TPSA) is 67.4 Å². The summed E-state index contributed by atoms with van der Waals surface area (Å²) in [4.78, 5) is 25.3. The van der Waals surface area contributed by atoms with E-state index in [1.807, 2.05) is 64.1 Å². The third-order valence-corrected chi connectivity index (χ3v) is 4.46. The summed E-state index contributed by atoms with van der Waals surface area (Å²) in [6, 6.07) is 14.7. The van der Waals surface area contributed by atoms with Crippen molar-refractivity contribution in [1.29, 1.82) is 0 Å². The summed E-state index contributed by atoms with van der Waals surface area (Å²) in [5, 5.41) is 5.71. The predicted molar refractivity (Wildman–Crippen MR) is 107 cm³/mol. The molecule has 2 aromatic rings. The van der Waals surface area contributed by atoms with Gasteiger partial charge in [0.05, 0.1) is 0 Å². The monoisotopic (exact) mass is 366 g/mol. The van der Waals surface area contributed by atoms with Crippen LogP contribution in [0.15, 0.2) is 48.5 Å². The van der Waals surface area contributed by atoms with Gasteiger partial charge >= 0.3 is 0 Å². The van der Waals surface area contributed by atoms with Crippen molar-refractivity contribution in [2.75, 3.05) is 10.6 Å². The van der Waals surface area contributed by atoms with Crippen molar-refractivity contribution < 1.29 is 14.3 Å². The number of anilines is 2. The van der Waals surface area contributed by atoms with Crippen LogP contribution in [0.4, 0.5) is 11.4 Å². The van der Waals surface area contributed by atoms with Crippen LogP contribution in [0.1, 0.15) is 39.2 Å². The first-order valence-electron chi connectivity index (χ1n) is 9.17. The van der Waals surface area contributed by atoms with E-state index in [0.717, 1.165) is 11.3 Å². The molecule has 0 aliphatic heterocycles. The number of aryl methyl sites for hydroxylation is 1. The quantitative estimate of drug-likeness (QED) is 0.764. The summed E-state index contributed by atoms with van der Waals surface area (Å²) in [5.74, 6) is 0.215. The van der Waals surface area contributed by atoms with E-state index in [2.05, 4.69) is 10.6 Å². The molecule has 0 heterocycles. The Labute approximate surface area is 160 Å². The Kier molecular flexibility index (Phi) is 4.96. The summed E-state index contributed by atoms with van der Waals surface area (Å²) < 4.78 is 5.78. The summed E-state index contributed by atoms with van der Waals surface area (Å²) in [5.41, 5.74) is 1.21. The molecule has 2 amide bonds. The zero-order valence-corrected chi connectivity index (χ0v) is 16.3. The number of amides is 2. The van der Waals surface area contributed by atoms with Crippen LogP contribution in [0.2, 0.25) is 0 Å². The van der Waals surface area contributed by atoms with E-state index >= 15 is 0 Å². The molecule has 1 fully saturated rings. The van der Waals surface area contributed by atoms with Gasteiger partial charge in [-0.25, -0.2) is 0 Å². The molecule has 5 nitrogen and oxygen atoms in total. The summed E-state index contributed by atoms with van der Waals surface area (Å²) >= 11 is 0. The minimum Gasteiger partial charge on any atom is -0.488 e. The van der Waals surface area contributed by atoms with Gasteiger partial charge < -0.3 is 15.4 Å². The molecule has 0 aromatic heterocycles. The van der Waals surface area contributed by atoms with Crippen LogP contribution < -0.4 is 15.4 Å². The molecular weight excluding hydrogens is 340 g/mol. The van der Waals surface area contributed by atoms with Gasteiger partial charge in [0.25, 0.3) is 0 Å². The van der Waals surface area contributed by atoms with Crippen molar-refractivity contribution in [3.05, 3.63) is 54.1 Å². The molecule has 1 aliphatic carbocycles. The Morgan fingerprint density at radius 2 is 1.30 bits per heavy atom. The van der Waals surface area contributed by atoms with Crippen LogP contribution in [-0.2, 0) is 9.59 Å². The van der Waals surface area contributed by atoms with Crippen molar-refractivity contribution in [3.8, 4) is 5.75 Å².